The van der Waals surface area contributed by atoms with Crippen molar-refractivity contribution in [2.24, 2.45) is 0 Å². The second-order valence-corrected chi connectivity index (χ2v) is 4.88. The summed E-state index contributed by atoms with van der Waals surface area (Å²) in [5.74, 6) is 0.939. The SMILES string of the molecule is CCC1(CC)Nc2cccc(OC(C)C)c2N1. The van der Waals surface area contributed by atoms with Crippen LogP contribution in [0.15, 0.2) is 18.2 Å². The molecule has 0 radical (unpaired) electrons. The van der Waals surface area contributed by atoms with E-state index in [4.69, 9.17) is 4.74 Å². The van der Waals surface area contributed by atoms with Gasteiger partial charge in [0.05, 0.1) is 11.8 Å². The number of fused-ring (bicyclic) bond motifs is 1. The molecule has 0 saturated carbocycles. The highest BCUT2D eigenvalue weighted by molar-refractivity contribution is 5.81. The molecule has 0 fully saturated rings. The van der Waals surface area contributed by atoms with Crippen LogP contribution in [0.25, 0.3) is 0 Å². The summed E-state index contributed by atoms with van der Waals surface area (Å²) < 4.78 is 5.84. The van der Waals surface area contributed by atoms with E-state index in [0.717, 1.165) is 30.0 Å². The average molecular weight is 234 g/mol. The number of hydrogen-bond acceptors (Lipinski definition) is 3. The van der Waals surface area contributed by atoms with E-state index < -0.39 is 0 Å². The van der Waals surface area contributed by atoms with E-state index in [2.05, 4.69) is 44.4 Å². The molecule has 1 aliphatic heterocycles. The summed E-state index contributed by atoms with van der Waals surface area (Å²) in [5.41, 5.74) is 2.23. The van der Waals surface area contributed by atoms with Crippen LogP contribution in [0.3, 0.4) is 0 Å². The molecule has 1 aromatic rings. The summed E-state index contributed by atoms with van der Waals surface area (Å²) >= 11 is 0. The summed E-state index contributed by atoms with van der Waals surface area (Å²) in [6, 6.07) is 6.16. The van der Waals surface area contributed by atoms with Gasteiger partial charge in [-0.15, -0.1) is 0 Å². The van der Waals surface area contributed by atoms with Gasteiger partial charge < -0.3 is 15.4 Å². The fourth-order valence-electron chi connectivity index (χ4n) is 2.25. The fraction of sp³-hybridized carbons (Fsp3) is 0.571. The first-order valence-electron chi connectivity index (χ1n) is 6.46. The van der Waals surface area contributed by atoms with Crippen molar-refractivity contribution < 1.29 is 4.74 Å². The van der Waals surface area contributed by atoms with Crippen LogP contribution in [0.2, 0.25) is 0 Å². The van der Waals surface area contributed by atoms with Crippen LogP contribution >= 0.6 is 0 Å². The number of benzene rings is 1. The van der Waals surface area contributed by atoms with Gasteiger partial charge in [0.15, 0.2) is 0 Å². The number of rotatable bonds is 4. The third kappa shape index (κ3) is 2.19. The number of para-hydroxylation sites is 1. The minimum Gasteiger partial charge on any atom is -0.489 e. The Hall–Kier alpha value is -1.38. The molecule has 2 rings (SSSR count). The molecule has 0 saturated heterocycles. The highest BCUT2D eigenvalue weighted by atomic mass is 16.5. The van der Waals surface area contributed by atoms with Crippen molar-refractivity contribution >= 4 is 11.4 Å². The standard InChI is InChI=1S/C14H22N2O/c1-5-14(6-2)15-11-8-7-9-12(13(11)16-14)17-10(3)4/h7-10,15-16H,5-6H2,1-4H3. The summed E-state index contributed by atoms with van der Waals surface area (Å²) in [5, 5.41) is 7.16. The Morgan fingerprint density at radius 3 is 2.47 bits per heavy atom. The minimum atomic E-state index is -0.0151. The van der Waals surface area contributed by atoms with Gasteiger partial charge in [-0.2, -0.15) is 0 Å². The Morgan fingerprint density at radius 1 is 1.18 bits per heavy atom. The van der Waals surface area contributed by atoms with Crippen molar-refractivity contribution in [2.75, 3.05) is 10.6 Å². The monoisotopic (exact) mass is 234 g/mol. The van der Waals surface area contributed by atoms with Gasteiger partial charge in [0.25, 0.3) is 0 Å². The van der Waals surface area contributed by atoms with Gasteiger partial charge in [-0.1, -0.05) is 19.9 Å². The van der Waals surface area contributed by atoms with Crippen LogP contribution < -0.4 is 15.4 Å². The molecular weight excluding hydrogens is 212 g/mol. The van der Waals surface area contributed by atoms with E-state index in [9.17, 15) is 0 Å². The lowest BCUT2D eigenvalue weighted by Crippen LogP contribution is -2.40. The first kappa shape index (κ1) is 12.1. The molecule has 17 heavy (non-hydrogen) atoms. The lowest BCUT2D eigenvalue weighted by Gasteiger charge is -2.28. The molecule has 1 aromatic carbocycles. The maximum atomic E-state index is 5.84. The highest BCUT2D eigenvalue weighted by Gasteiger charge is 2.34. The van der Waals surface area contributed by atoms with Gasteiger partial charge in [0, 0.05) is 0 Å². The molecule has 3 nitrogen and oxygen atoms in total. The Bertz CT molecular complexity index is 397. The second kappa shape index (κ2) is 4.47. The molecule has 0 unspecified atom stereocenters. The number of hydrogen-bond donors (Lipinski definition) is 2. The first-order chi connectivity index (χ1) is 8.10. The number of ether oxygens (including phenoxy) is 1. The van der Waals surface area contributed by atoms with Crippen molar-refractivity contribution in [3.63, 3.8) is 0 Å². The molecule has 0 aromatic heterocycles. The Morgan fingerprint density at radius 2 is 1.88 bits per heavy atom. The number of nitrogens with one attached hydrogen (secondary N) is 2. The predicted octanol–water partition coefficient (Wildman–Crippen LogP) is 3.83. The lowest BCUT2D eigenvalue weighted by atomic mass is 10.1. The molecule has 0 bridgehead atoms. The molecule has 0 aliphatic carbocycles. The fourth-order valence-corrected chi connectivity index (χ4v) is 2.25. The van der Waals surface area contributed by atoms with E-state index in [1.165, 1.54) is 0 Å². The Balaban J connectivity index is 2.31. The minimum absolute atomic E-state index is 0.0151. The quantitative estimate of drug-likeness (QED) is 0.830. The van der Waals surface area contributed by atoms with Crippen LogP contribution in [-0.2, 0) is 0 Å². The number of anilines is 2. The third-order valence-corrected chi connectivity index (χ3v) is 3.33. The van der Waals surface area contributed by atoms with E-state index in [1.807, 2.05) is 12.1 Å². The molecule has 1 aliphatic rings. The van der Waals surface area contributed by atoms with Gasteiger partial charge in [-0.3, -0.25) is 0 Å². The summed E-state index contributed by atoms with van der Waals surface area (Å²) in [6.45, 7) is 8.49. The zero-order valence-electron chi connectivity index (χ0n) is 11.1. The average Bonchev–Trinajstić information content (AvgIpc) is 2.69. The maximum absolute atomic E-state index is 5.84. The Kier molecular flexibility index (Phi) is 3.18. The van der Waals surface area contributed by atoms with Crippen molar-refractivity contribution in [1.29, 1.82) is 0 Å². The molecule has 0 spiro atoms. The van der Waals surface area contributed by atoms with Crippen LogP contribution in [0.4, 0.5) is 11.4 Å². The summed E-state index contributed by atoms with van der Waals surface area (Å²) in [6.07, 6.45) is 2.28. The largest absolute Gasteiger partial charge is 0.489 e. The van der Waals surface area contributed by atoms with E-state index >= 15 is 0 Å². The first-order valence-corrected chi connectivity index (χ1v) is 6.46. The van der Waals surface area contributed by atoms with E-state index in [0.29, 0.717) is 0 Å². The predicted molar refractivity (Wildman–Crippen MR) is 72.8 cm³/mol. The van der Waals surface area contributed by atoms with Crippen molar-refractivity contribution in [2.45, 2.75) is 52.3 Å². The van der Waals surface area contributed by atoms with Crippen LogP contribution in [0, 0.1) is 0 Å². The zero-order chi connectivity index (χ0) is 12.5. The van der Waals surface area contributed by atoms with E-state index in [1.54, 1.807) is 0 Å². The van der Waals surface area contributed by atoms with Gasteiger partial charge in [-0.25, -0.2) is 0 Å². The molecule has 3 heteroatoms. The molecule has 2 N–H and O–H groups in total. The van der Waals surface area contributed by atoms with Gasteiger partial charge in [-0.05, 0) is 38.8 Å². The van der Waals surface area contributed by atoms with Crippen LogP contribution in [0.5, 0.6) is 5.75 Å². The maximum Gasteiger partial charge on any atom is 0.144 e. The lowest BCUT2D eigenvalue weighted by molar-refractivity contribution is 0.243. The van der Waals surface area contributed by atoms with E-state index in [-0.39, 0.29) is 11.8 Å². The van der Waals surface area contributed by atoms with Crippen molar-refractivity contribution in [1.82, 2.24) is 0 Å². The highest BCUT2D eigenvalue weighted by Crippen LogP contribution is 2.43. The van der Waals surface area contributed by atoms with Crippen molar-refractivity contribution in [3.05, 3.63) is 18.2 Å². The van der Waals surface area contributed by atoms with Gasteiger partial charge in [0.1, 0.15) is 17.1 Å². The zero-order valence-corrected chi connectivity index (χ0v) is 11.1. The second-order valence-electron chi connectivity index (χ2n) is 4.88. The van der Waals surface area contributed by atoms with Crippen LogP contribution in [-0.4, -0.2) is 11.8 Å². The Labute approximate surface area is 104 Å². The smallest absolute Gasteiger partial charge is 0.144 e. The van der Waals surface area contributed by atoms with Gasteiger partial charge >= 0.3 is 0 Å². The topological polar surface area (TPSA) is 33.3 Å². The van der Waals surface area contributed by atoms with Crippen LogP contribution in [0.1, 0.15) is 40.5 Å². The third-order valence-electron chi connectivity index (χ3n) is 3.33. The molecule has 0 atom stereocenters. The van der Waals surface area contributed by atoms with Gasteiger partial charge in [0.2, 0.25) is 0 Å². The molecule has 0 amide bonds. The van der Waals surface area contributed by atoms with Crippen molar-refractivity contribution in [3.8, 4) is 5.75 Å². The summed E-state index contributed by atoms with van der Waals surface area (Å²) in [7, 11) is 0. The summed E-state index contributed by atoms with van der Waals surface area (Å²) in [4.78, 5) is 0. The molecular formula is C14H22N2O. The molecule has 1 heterocycles. The normalized spacial score (nSPS) is 16.3. The molecule has 94 valence electrons.